The zero-order chi connectivity index (χ0) is 13.9. The molecule has 1 unspecified atom stereocenters. The first-order valence-electron chi connectivity index (χ1n) is 6.39. The van der Waals surface area contributed by atoms with Crippen molar-refractivity contribution < 1.29 is 5.11 Å². The maximum absolute atomic E-state index is 10.1. The lowest BCUT2D eigenvalue weighted by Gasteiger charge is -2.23. The molecule has 2 N–H and O–H groups in total. The summed E-state index contributed by atoms with van der Waals surface area (Å²) >= 11 is 6.21. The van der Waals surface area contributed by atoms with Gasteiger partial charge in [-0.05, 0) is 34.6 Å². The third kappa shape index (κ3) is 4.26. The highest BCUT2D eigenvalue weighted by Gasteiger charge is 2.18. The number of β-amino-alcohol motifs (C(OH)–C–C–N with tert-alkyl or cyclic N) is 1. The number of nitrogens with one attached hydrogen (secondary N) is 1. The fourth-order valence-electron chi connectivity index (χ4n) is 1.78. The summed E-state index contributed by atoms with van der Waals surface area (Å²) in [5, 5.41) is 18.4. The zero-order valence-corrected chi connectivity index (χ0v) is 12.7. The normalized spacial score (nSPS) is 13.9. The van der Waals surface area contributed by atoms with E-state index in [2.05, 4.69) is 31.2 Å². The van der Waals surface area contributed by atoms with Gasteiger partial charge in [0.1, 0.15) is 0 Å². The van der Waals surface area contributed by atoms with E-state index in [4.69, 9.17) is 11.6 Å². The summed E-state index contributed by atoms with van der Waals surface area (Å²) in [4.78, 5) is 0. The molecular weight excluding hydrogens is 250 g/mol. The summed E-state index contributed by atoms with van der Waals surface area (Å²) in [6.07, 6.45) is 0.0690. The number of aliphatic hydroxyl groups excluding tert-OH is 1. The van der Waals surface area contributed by atoms with Crippen molar-refractivity contribution in [3.63, 3.8) is 0 Å². The molecule has 1 aromatic rings. The quantitative estimate of drug-likeness (QED) is 0.864. The second kappa shape index (κ2) is 6.04. The summed E-state index contributed by atoms with van der Waals surface area (Å²) in [6.45, 7) is 11.5. The lowest BCUT2D eigenvalue weighted by atomic mass is 10.1. The summed E-state index contributed by atoms with van der Waals surface area (Å²) < 4.78 is 1.86. The third-order valence-electron chi connectivity index (χ3n) is 2.75. The van der Waals surface area contributed by atoms with Gasteiger partial charge >= 0.3 is 0 Å². The largest absolute Gasteiger partial charge is 0.391 e. The van der Waals surface area contributed by atoms with E-state index in [1.54, 1.807) is 0 Å². The Hall–Kier alpha value is -0.580. The zero-order valence-electron chi connectivity index (χ0n) is 11.9. The second-order valence-electron chi connectivity index (χ2n) is 5.65. The molecule has 1 rings (SSSR count). The van der Waals surface area contributed by atoms with Crippen LogP contribution in [0.25, 0.3) is 0 Å². The van der Waals surface area contributed by atoms with Crippen molar-refractivity contribution in [1.82, 2.24) is 15.1 Å². The predicted octanol–water partition coefficient (Wildman–Crippen LogP) is 2.16. The summed E-state index contributed by atoms with van der Waals surface area (Å²) in [7, 11) is 0. The van der Waals surface area contributed by atoms with Gasteiger partial charge in [0.2, 0.25) is 0 Å². The van der Waals surface area contributed by atoms with Crippen molar-refractivity contribution in [3.8, 4) is 0 Å². The topological polar surface area (TPSA) is 50.1 Å². The van der Waals surface area contributed by atoms with Crippen LogP contribution in [0, 0.1) is 6.92 Å². The molecule has 0 bridgehead atoms. The molecule has 0 aliphatic heterocycles. The van der Waals surface area contributed by atoms with E-state index in [1.807, 2.05) is 18.5 Å². The maximum atomic E-state index is 10.1. The number of halogens is 1. The van der Waals surface area contributed by atoms with Gasteiger partial charge in [0.25, 0.3) is 0 Å². The smallest absolute Gasteiger partial charge is 0.0848 e. The Morgan fingerprint density at radius 2 is 2.06 bits per heavy atom. The van der Waals surface area contributed by atoms with E-state index >= 15 is 0 Å². The van der Waals surface area contributed by atoms with Gasteiger partial charge in [-0.2, -0.15) is 5.10 Å². The molecule has 0 radical (unpaired) electrons. The molecule has 0 fully saturated rings. The van der Waals surface area contributed by atoms with E-state index in [9.17, 15) is 5.11 Å². The summed E-state index contributed by atoms with van der Waals surface area (Å²) in [6, 6.07) is 0. The van der Waals surface area contributed by atoms with Crippen LogP contribution in [0.4, 0.5) is 0 Å². The number of rotatable bonds is 5. The van der Waals surface area contributed by atoms with Crippen LogP contribution in [0.15, 0.2) is 0 Å². The Kier molecular flexibility index (Phi) is 5.20. The SMILES string of the molecule is CCn1nc(C)c(Cl)c1CC(O)CNC(C)(C)C. The molecule has 4 nitrogen and oxygen atoms in total. The lowest BCUT2D eigenvalue weighted by molar-refractivity contribution is 0.158. The highest BCUT2D eigenvalue weighted by atomic mass is 35.5. The first-order valence-corrected chi connectivity index (χ1v) is 6.77. The Morgan fingerprint density at radius 1 is 1.44 bits per heavy atom. The van der Waals surface area contributed by atoms with Crippen LogP contribution in [0.5, 0.6) is 0 Å². The standard InChI is InChI=1S/C13H24ClN3O/c1-6-17-11(12(14)9(2)16-17)7-10(18)8-15-13(3,4)5/h10,15,18H,6-8H2,1-5H3. The molecular formula is C13H24ClN3O. The molecule has 0 spiro atoms. The Morgan fingerprint density at radius 3 is 2.56 bits per heavy atom. The molecule has 18 heavy (non-hydrogen) atoms. The Labute approximate surface area is 114 Å². The first-order chi connectivity index (χ1) is 8.24. The number of hydrogen-bond acceptors (Lipinski definition) is 3. The van der Waals surface area contributed by atoms with E-state index in [0.29, 0.717) is 18.0 Å². The van der Waals surface area contributed by atoms with E-state index in [-0.39, 0.29) is 5.54 Å². The molecule has 0 aliphatic rings. The van der Waals surface area contributed by atoms with E-state index in [1.165, 1.54) is 0 Å². The molecule has 0 amide bonds. The minimum atomic E-state index is -0.455. The van der Waals surface area contributed by atoms with Crippen LogP contribution in [0.1, 0.15) is 39.1 Å². The second-order valence-corrected chi connectivity index (χ2v) is 6.03. The maximum Gasteiger partial charge on any atom is 0.0848 e. The minimum Gasteiger partial charge on any atom is -0.391 e. The van der Waals surface area contributed by atoms with Crippen LogP contribution in [0.3, 0.4) is 0 Å². The van der Waals surface area contributed by atoms with Crippen molar-refractivity contribution in [1.29, 1.82) is 0 Å². The molecule has 1 heterocycles. The van der Waals surface area contributed by atoms with Gasteiger partial charge in [-0.1, -0.05) is 11.6 Å². The molecule has 1 aromatic heterocycles. The van der Waals surface area contributed by atoms with Gasteiger partial charge in [-0.25, -0.2) is 0 Å². The highest BCUT2D eigenvalue weighted by Crippen LogP contribution is 2.21. The number of aryl methyl sites for hydroxylation is 2. The number of hydrogen-bond donors (Lipinski definition) is 2. The van der Waals surface area contributed by atoms with E-state index in [0.717, 1.165) is 17.9 Å². The first kappa shape index (κ1) is 15.5. The van der Waals surface area contributed by atoms with Gasteiger partial charge in [0.05, 0.1) is 22.5 Å². The van der Waals surface area contributed by atoms with Crippen molar-refractivity contribution in [2.45, 2.75) is 59.2 Å². The van der Waals surface area contributed by atoms with Gasteiger partial charge in [0.15, 0.2) is 0 Å². The fourth-order valence-corrected chi connectivity index (χ4v) is 2.00. The predicted molar refractivity (Wildman–Crippen MR) is 75.1 cm³/mol. The third-order valence-corrected chi connectivity index (χ3v) is 3.24. The number of aliphatic hydroxyl groups is 1. The number of aromatic nitrogens is 2. The van der Waals surface area contributed by atoms with Crippen LogP contribution in [0.2, 0.25) is 5.02 Å². The van der Waals surface area contributed by atoms with Crippen molar-refractivity contribution in [2.75, 3.05) is 6.54 Å². The fraction of sp³-hybridized carbons (Fsp3) is 0.769. The Balaban J connectivity index is 2.67. The van der Waals surface area contributed by atoms with Crippen molar-refractivity contribution >= 4 is 11.6 Å². The van der Waals surface area contributed by atoms with Crippen LogP contribution >= 0.6 is 11.6 Å². The van der Waals surface area contributed by atoms with Crippen molar-refractivity contribution in [2.24, 2.45) is 0 Å². The number of nitrogens with zero attached hydrogens (tertiary/aromatic N) is 2. The molecule has 1 atom stereocenters. The van der Waals surface area contributed by atoms with E-state index < -0.39 is 6.10 Å². The Bertz CT molecular complexity index is 396. The van der Waals surface area contributed by atoms with Gasteiger partial charge < -0.3 is 10.4 Å². The highest BCUT2D eigenvalue weighted by molar-refractivity contribution is 6.31. The average molecular weight is 274 g/mol. The van der Waals surface area contributed by atoms with Crippen molar-refractivity contribution in [3.05, 3.63) is 16.4 Å². The van der Waals surface area contributed by atoms with Gasteiger partial charge in [0, 0.05) is 25.0 Å². The average Bonchev–Trinajstić information content (AvgIpc) is 2.53. The lowest BCUT2D eigenvalue weighted by Crippen LogP contribution is -2.41. The van der Waals surface area contributed by atoms with Crippen LogP contribution < -0.4 is 5.32 Å². The minimum absolute atomic E-state index is 0.00565. The summed E-state index contributed by atoms with van der Waals surface area (Å²) in [5.74, 6) is 0. The monoisotopic (exact) mass is 273 g/mol. The van der Waals surface area contributed by atoms with Crippen LogP contribution in [-0.4, -0.2) is 33.1 Å². The molecule has 0 aromatic carbocycles. The van der Waals surface area contributed by atoms with Gasteiger partial charge in [-0.3, -0.25) is 4.68 Å². The summed E-state index contributed by atoms with van der Waals surface area (Å²) in [5.41, 5.74) is 1.75. The molecule has 0 saturated carbocycles. The molecule has 0 saturated heterocycles. The molecule has 104 valence electrons. The van der Waals surface area contributed by atoms with Crippen LogP contribution in [-0.2, 0) is 13.0 Å². The van der Waals surface area contributed by atoms with Gasteiger partial charge in [-0.15, -0.1) is 0 Å². The molecule has 0 aliphatic carbocycles. The molecule has 5 heteroatoms.